The molecule has 0 spiro atoms. The van der Waals surface area contributed by atoms with Gasteiger partial charge in [-0.15, -0.1) is 0 Å². The molecular formula is C13H16N2O2. The molecule has 1 aromatic rings. The lowest BCUT2D eigenvalue weighted by Gasteiger charge is -2.23. The lowest BCUT2D eigenvalue weighted by Crippen LogP contribution is -2.32. The molecule has 4 nitrogen and oxygen atoms in total. The van der Waals surface area contributed by atoms with Crippen LogP contribution < -0.4 is 0 Å². The third-order valence-corrected chi connectivity index (χ3v) is 2.72. The van der Waals surface area contributed by atoms with Crippen LogP contribution in [0.4, 0.5) is 0 Å². The van der Waals surface area contributed by atoms with Crippen LogP contribution in [0.3, 0.4) is 0 Å². The maximum Gasteiger partial charge on any atom is 0.243 e. The molecule has 0 fully saturated rings. The molecule has 0 radical (unpaired) electrons. The third kappa shape index (κ3) is 2.64. The Hall–Kier alpha value is -1.84. The number of rotatable bonds is 3. The van der Waals surface area contributed by atoms with Crippen LogP contribution in [-0.2, 0) is 4.79 Å². The van der Waals surface area contributed by atoms with Gasteiger partial charge in [-0.25, -0.2) is 5.01 Å². The Bertz CT molecular complexity index is 454. The van der Waals surface area contributed by atoms with E-state index in [1.165, 1.54) is 5.01 Å². The second-order valence-electron chi connectivity index (χ2n) is 4.11. The van der Waals surface area contributed by atoms with E-state index in [4.69, 9.17) is 0 Å². The van der Waals surface area contributed by atoms with Gasteiger partial charge in [-0.1, -0.05) is 19.1 Å². The molecule has 0 atom stereocenters. The minimum absolute atomic E-state index is 0.0794. The molecule has 0 aliphatic carbocycles. The molecule has 0 saturated heterocycles. The zero-order chi connectivity index (χ0) is 12.3. The molecule has 2 rings (SSSR count). The summed E-state index contributed by atoms with van der Waals surface area (Å²) in [5, 5.41) is 15.3. The van der Waals surface area contributed by atoms with Gasteiger partial charge in [-0.05, 0) is 18.6 Å². The van der Waals surface area contributed by atoms with Crippen molar-refractivity contribution >= 4 is 11.6 Å². The van der Waals surface area contributed by atoms with Crippen molar-refractivity contribution in [2.45, 2.75) is 26.2 Å². The fourth-order valence-electron chi connectivity index (χ4n) is 1.88. The third-order valence-electron chi connectivity index (χ3n) is 2.72. The van der Waals surface area contributed by atoms with Crippen LogP contribution in [0.5, 0.6) is 5.75 Å². The van der Waals surface area contributed by atoms with Crippen molar-refractivity contribution < 1.29 is 9.90 Å². The number of hydrogen-bond acceptors (Lipinski definition) is 3. The van der Waals surface area contributed by atoms with Crippen molar-refractivity contribution in [2.75, 3.05) is 6.54 Å². The van der Waals surface area contributed by atoms with Gasteiger partial charge in [0.15, 0.2) is 0 Å². The lowest BCUT2D eigenvalue weighted by molar-refractivity contribution is -0.131. The minimum Gasteiger partial charge on any atom is -0.508 e. The van der Waals surface area contributed by atoms with Crippen LogP contribution in [0.25, 0.3) is 0 Å². The molecule has 17 heavy (non-hydrogen) atoms. The molecule has 0 saturated carbocycles. The zero-order valence-electron chi connectivity index (χ0n) is 9.89. The molecule has 0 aromatic heterocycles. The van der Waals surface area contributed by atoms with Gasteiger partial charge in [0.2, 0.25) is 5.91 Å². The average Bonchev–Trinajstić information content (AvgIpc) is 2.32. The Morgan fingerprint density at radius 2 is 2.24 bits per heavy atom. The van der Waals surface area contributed by atoms with Crippen LogP contribution in [-0.4, -0.2) is 28.3 Å². The van der Waals surface area contributed by atoms with Crippen LogP contribution >= 0.6 is 0 Å². The van der Waals surface area contributed by atoms with Gasteiger partial charge in [0.05, 0.1) is 5.71 Å². The number of benzene rings is 1. The van der Waals surface area contributed by atoms with Crippen molar-refractivity contribution in [1.82, 2.24) is 5.01 Å². The number of carbonyl (C=O) groups is 1. The van der Waals surface area contributed by atoms with Gasteiger partial charge < -0.3 is 5.11 Å². The van der Waals surface area contributed by atoms with E-state index in [1.54, 1.807) is 18.2 Å². The predicted molar refractivity (Wildman–Crippen MR) is 65.9 cm³/mol. The van der Waals surface area contributed by atoms with E-state index >= 15 is 0 Å². The Kier molecular flexibility index (Phi) is 3.42. The van der Waals surface area contributed by atoms with Crippen LogP contribution in [0.1, 0.15) is 31.7 Å². The van der Waals surface area contributed by atoms with Gasteiger partial charge >= 0.3 is 0 Å². The summed E-state index contributed by atoms with van der Waals surface area (Å²) in [6, 6.07) is 6.99. The van der Waals surface area contributed by atoms with E-state index in [1.807, 2.05) is 13.0 Å². The Balaban J connectivity index is 2.26. The molecule has 1 heterocycles. The molecule has 1 aliphatic heterocycles. The van der Waals surface area contributed by atoms with E-state index in [0.29, 0.717) is 19.4 Å². The number of carbonyl (C=O) groups excluding carboxylic acids is 1. The number of phenols is 1. The first-order valence-electron chi connectivity index (χ1n) is 5.88. The standard InChI is InChI=1S/C13H16N2O2/c1-2-8-15-13(17)7-6-12(14-15)10-4-3-5-11(16)9-10/h3-5,9,16H,2,6-8H2,1H3. The van der Waals surface area contributed by atoms with Crippen LogP contribution in [0, 0.1) is 0 Å². The first-order chi connectivity index (χ1) is 8.20. The molecule has 1 N–H and O–H groups in total. The lowest BCUT2D eigenvalue weighted by atomic mass is 10.0. The highest BCUT2D eigenvalue weighted by Crippen LogP contribution is 2.18. The maximum absolute atomic E-state index is 11.6. The van der Waals surface area contributed by atoms with Crippen molar-refractivity contribution in [2.24, 2.45) is 5.10 Å². The Labute approximate surface area is 101 Å². The van der Waals surface area contributed by atoms with E-state index in [-0.39, 0.29) is 11.7 Å². The van der Waals surface area contributed by atoms with E-state index < -0.39 is 0 Å². The summed E-state index contributed by atoms with van der Waals surface area (Å²) < 4.78 is 0. The maximum atomic E-state index is 11.6. The van der Waals surface area contributed by atoms with E-state index in [9.17, 15) is 9.90 Å². The number of hydrazone groups is 1. The fraction of sp³-hybridized carbons (Fsp3) is 0.385. The number of phenolic OH excluding ortho intramolecular Hbond substituents is 1. The van der Waals surface area contributed by atoms with Crippen molar-refractivity contribution in [3.63, 3.8) is 0 Å². The first kappa shape index (κ1) is 11.6. The summed E-state index contributed by atoms with van der Waals surface area (Å²) in [6.45, 7) is 2.67. The summed E-state index contributed by atoms with van der Waals surface area (Å²) >= 11 is 0. The molecule has 90 valence electrons. The fourth-order valence-corrected chi connectivity index (χ4v) is 1.88. The minimum atomic E-state index is 0.0794. The second-order valence-corrected chi connectivity index (χ2v) is 4.11. The molecule has 1 aromatic carbocycles. The Morgan fingerprint density at radius 1 is 1.41 bits per heavy atom. The summed E-state index contributed by atoms with van der Waals surface area (Å²) in [5.41, 5.74) is 1.76. The summed E-state index contributed by atoms with van der Waals surface area (Å²) in [7, 11) is 0. The van der Waals surface area contributed by atoms with Crippen molar-refractivity contribution in [3.05, 3.63) is 29.8 Å². The SMILES string of the molecule is CCCN1N=C(c2cccc(O)c2)CCC1=O. The summed E-state index contributed by atoms with van der Waals surface area (Å²) in [6.07, 6.45) is 2.03. The normalized spacial score (nSPS) is 15.9. The monoisotopic (exact) mass is 232 g/mol. The number of aromatic hydroxyl groups is 1. The second kappa shape index (κ2) is 4.99. The number of amides is 1. The molecule has 1 amide bonds. The smallest absolute Gasteiger partial charge is 0.243 e. The number of hydrogen-bond donors (Lipinski definition) is 1. The first-order valence-corrected chi connectivity index (χ1v) is 5.88. The topological polar surface area (TPSA) is 52.9 Å². The highest BCUT2D eigenvalue weighted by Gasteiger charge is 2.20. The van der Waals surface area contributed by atoms with Gasteiger partial charge in [0.25, 0.3) is 0 Å². The quantitative estimate of drug-likeness (QED) is 0.868. The van der Waals surface area contributed by atoms with E-state index in [2.05, 4.69) is 5.10 Å². The highest BCUT2D eigenvalue weighted by atomic mass is 16.3. The van der Waals surface area contributed by atoms with Crippen molar-refractivity contribution in [1.29, 1.82) is 0 Å². The Morgan fingerprint density at radius 3 is 2.94 bits per heavy atom. The van der Waals surface area contributed by atoms with Gasteiger partial charge in [-0.3, -0.25) is 4.79 Å². The van der Waals surface area contributed by atoms with Crippen LogP contribution in [0.15, 0.2) is 29.4 Å². The number of nitrogens with zero attached hydrogens (tertiary/aromatic N) is 2. The van der Waals surface area contributed by atoms with Crippen LogP contribution in [0.2, 0.25) is 0 Å². The average molecular weight is 232 g/mol. The van der Waals surface area contributed by atoms with Gasteiger partial charge in [0, 0.05) is 24.9 Å². The highest BCUT2D eigenvalue weighted by molar-refractivity contribution is 6.04. The molecule has 1 aliphatic rings. The summed E-state index contributed by atoms with van der Waals surface area (Å²) in [4.78, 5) is 11.6. The van der Waals surface area contributed by atoms with Crippen molar-refractivity contribution in [3.8, 4) is 5.75 Å². The molecule has 4 heteroatoms. The summed E-state index contributed by atoms with van der Waals surface area (Å²) in [5.74, 6) is 0.305. The molecule has 0 unspecified atom stereocenters. The zero-order valence-corrected chi connectivity index (χ0v) is 9.89. The van der Waals surface area contributed by atoms with Gasteiger partial charge in [0.1, 0.15) is 5.75 Å². The molecular weight excluding hydrogens is 216 g/mol. The van der Waals surface area contributed by atoms with Gasteiger partial charge in [-0.2, -0.15) is 5.10 Å². The molecule has 0 bridgehead atoms. The largest absolute Gasteiger partial charge is 0.508 e. The van der Waals surface area contributed by atoms with E-state index in [0.717, 1.165) is 17.7 Å². The predicted octanol–water partition coefficient (Wildman–Crippen LogP) is 2.13.